The average molecular weight is 326 g/mol. The molecule has 3 rings (SSSR count). The number of aromatic amines is 1. The van der Waals surface area contributed by atoms with E-state index in [0.717, 1.165) is 0 Å². The van der Waals surface area contributed by atoms with Crippen molar-refractivity contribution < 1.29 is 13.9 Å². The molecule has 2 aromatic carbocycles. The normalized spacial score (nSPS) is 10.6. The Morgan fingerprint density at radius 3 is 2.79 bits per heavy atom. The highest BCUT2D eigenvalue weighted by Gasteiger charge is 2.15. The van der Waals surface area contributed by atoms with E-state index in [-0.39, 0.29) is 29.0 Å². The molecule has 0 aliphatic heterocycles. The Morgan fingerprint density at radius 2 is 2.00 bits per heavy atom. The number of benzene rings is 2. The van der Waals surface area contributed by atoms with Gasteiger partial charge in [-0.25, -0.2) is 9.18 Å². The fourth-order valence-corrected chi connectivity index (χ4v) is 2.51. The highest BCUT2D eigenvalue weighted by atomic mass is 19.1. The van der Waals surface area contributed by atoms with Crippen molar-refractivity contribution in [1.29, 1.82) is 0 Å². The molecule has 0 aliphatic carbocycles. The van der Waals surface area contributed by atoms with Crippen molar-refractivity contribution in [3.8, 4) is 11.3 Å². The minimum Gasteiger partial charge on any atom is -0.450 e. The lowest BCUT2D eigenvalue weighted by Crippen LogP contribution is -2.14. The molecule has 5 nitrogen and oxygen atoms in total. The molecule has 3 aromatic rings. The van der Waals surface area contributed by atoms with Gasteiger partial charge in [0.25, 0.3) is 0 Å². The summed E-state index contributed by atoms with van der Waals surface area (Å²) < 4.78 is 19.2. The van der Waals surface area contributed by atoms with Gasteiger partial charge in [-0.3, -0.25) is 10.1 Å². The van der Waals surface area contributed by atoms with E-state index < -0.39 is 11.9 Å². The third-order valence-electron chi connectivity index (χ3n) is 3.53. The summed E-state index contributed by atoms with van der Waals surface area (Å²) >= 11 is 0. The SMILES string of the molecule is CCOC(=O)Nc1cccc(F)c1-c1cc(=O)c2ccccc2[nH]1. The average Bonchev–Trinajstić information content (AvgIpc) is 2.55. The van der Waals surface area contributed by atoms with Crippen LogP contribution in [0.4, 0.5) is 14.9 Å². The van der Waals surface area contributed by atoms with Gasteiger partial charge in [0.1, 0.15) is 5.82 Å². The van der Waals surface area contributed by atoms with Crippen molar-refractivity contribution in [2.75, 3.05) is 11.9 Å². The Hall–Kier alpha value is -3.15. The van der Waals surface area contributed by atoms with Gasteiger partial charge < -0.3 is 9.72 Å². The van der Waals surface area contributed by atoms with Crippen molar-refractivity contribution in [2.45, 2.75) is 6.92 Å². The Bertz CT molecular complexity index is 966. The van der Waals surface area contributed by atoms with Gasteiger partial charge in [0.05, 0.1) is 23.6 Å². The summed E-state index contributed by atoms with van der Waals surface area (Å²) in [5, 5.41) is 3.01. The van der Waals surface area contributed by atoms with Crippen LogP contribution in [0.3, 0.4) is 0 Å². The van der Waals surface area contributed by atoms with Gasteiger partial charge in [-0.2, -0.15) is 0 Å². The lowest BCUT2D eigenvalue weighted by molar-refractivity contribution is 0.168. The number of aromatic nitrogens is 1. The zero-order chi connectivity index (χ0) is 17.1. The molecule has 0 atom stereocenters. The summed E-state index contributed by atoms with van der Waals surface area (Å²) in [5.74, 6) is -0.560. The molecule has 122 valence electrons. The number of H-pyrrole nitrogens is 1. The minimum absolute atomic E-state index is 0.105. The minimum atomic E-state index is -0.688. The second-order valence-electron chi connectivity index (χ2n) is 5.10. The highest BCUT2D eigenvalue weighted by molar-refractivity contribution is 5.92. The molecule has 1 aromatic heterocycles. The van der Waals surface area contributed by atoms with Gasteiger partial charge in [0, 0.05) is 17.0 Å². The predicted octanol–water partition coefficient (Wildman–Crippen LogP) is 3.90. The van der Waals surface area contributed by atoms with Crippen LogP contribution in [0.15, 0.2) is 53.3 Å². The quantitative estimate of drug-likeness (QED) is 0.767. The second-order valence-corrected chi connectivity index (χ2v) is 5.10. The van der Waals surface area contributed by atoms with Gasteiger partial charge in [-0.05, 0) is 31.2 Å². The van der Waals surface area contributed by atoms with Crippen LogP contribution in [-0.4, -0.2) is 17.7 Å². The lowest BCUT2D eigenvalue weighted by Gasteiger charge is -2.12. The number of ether oxygens (including phenoxy) is 1. The number of carbonyl (C=O) groups is 1. The van der Waals surface area contributed by atoms with Gasteiger partial charge in [-0.15, -0.1) is 0 Å². The fourth-order valence-electron chi connectivity index (χ4n) is 2.51. The molecule has 0 unspecified atom stereocenters. The summed E-state index contributed by atoms with van der Waals surface area (Å²) in [7, 11) is 0. The van der Waals surface area contributed by atoms with Crippen LogP contribution in [0.25, 0.3) is 22.2 Å². The standard InChI is InChI=1S/C18H15FN2O3/c1-2-24-18(23)21-14-9-5-7-12(19)17(14)15-10-16(22)11-6-3-4-8-13(11)20-15/h3-10H,2H2,1H3,(H,20,22)(H,21,23). The summed E-state index contributed by atoms with van der Waals surface area (Å²) in [6.07, 6.45) is -0.688. The monoisotopic (exact) mass is 326 g/mol. The molecule has 2 N–H and O–H groups in total. The first-order chi connectivity index (χ1) is 11.6. The number of anilines is 1. The Morgan fingerprint density at radius 1 is 1.21 bits per heavy atom. The zero-order valence-electron chi connectivity index (χ0n) is 12.9. The molecule has 0 fully saturated rings. The molecule has 0 saturated heterocycles. The number of hydrogen-bond acceptors (Lipinski definition) is 3. The highest BCUT2D eigenvalue weighted by Crippen LogP contribution is 2.29. The van der Waals surface area contributed by atoms with Gasteiger partial charge in [0.2, 0.25) is 0 Å². The first-order valence-electron chi connectivity index (χ1n) is 7.45. The smallest absolute Gasteiger partial charge is 0.411 e. The van der Waals surface area contributed by atoms with Crippen LogP contribution in [-0.2, 0) is 4.74 Å². The molecule has 0 aliphatic rings. The first-order valence-corrected chi connectivity index (χ1v) is 7.45. The van der Waals surface area contributed by atoms with E-state index in [1.165, 1.54) is 18.2 Å². The lowest BCUT2D eigenvalue weighted by atomic mass is 10.1. The largest absolute Gasteiger partial charge is 0.450 e. The molecule has 1 amide bonds. The van der Waals surface area contributed by atoms with Crippen LogP contribution in [0.2, 0.25) is 0 Å². The topological polar surface area (TPSA) is 71.2 Å². The third kappa shape index (κ3) is 2.99. The van der Waals surface area contributed by atoms with E-state index in [0.29, 0.717) is 10.9 Å². The molecule has 0 saturated carbocycles. The molecule has 0 spiro atoms. The van der Waals surface area contributed by atoms with E-state index in [1.54, 1.807) is 37.3 Å². The number of rotatable bonds is 3. The number of hydrogen-bond donors (Lipinski definition) is 2. The molecule has 24 heavy (non-hydrogen) atoms. The Kier molecular flexibility index (Phi) is 4.29. The van der Waals surface area contributed by atoms with Crippen LogP contribution in [0.1, 0.15) is 6.92 Å². The van der Waals surface area contributed by atoms with E-state index in [1.807, 2.05) is 0 Å². The van der Waals surface area contributed by atoms with E-state index >= 15 is 0 Å². The Labute approximate surface area is 137 Å². The van der Waals surface area contributed by atoms with Crippen LogP contribution in [0, 0.1) is 5.82 Å². The first kappa shape index (κ1) is 15.7. The van der Waals surface area contributed by atoms with Gasteiger partial charge >= 0.3 is 6.09 Å². The summed E-state index contributed by atoms with van der Waals surface area (Å²) in [5.41, 5.74) is 0.964. The number of pyridine rings is 1. The summed E-state index contributed by atoms with van der Waals surface area (Å²) in [4.78, 5) is 27.0. The molecule has 6 heteroatoms. The number of fused-ring (bicyclic) bond motifs is 1. The van der Waals surface area contributed by atoms with E-state index in [4.69, 9.17) is 4.74 Å². The van der Waals surface area contributed by atoms with Crippen molar-refractivity contribution in [3.63, 3.8) is 0 Å². The number of para-hydroxylation sites is 1. The third-order valence-corrected chi connectivity index (χ3v) is 3.53. The number of amides is 1. The maximum absolute atomic E-state index is 14.4. The molecular formula is C18H15FN2O3. The number of halogens is 1. The zero-order valence-corrected chi connectivity index (χ0v) is 12.9. The van der Waals surface area contributed by atoms with E-state index in [9.17, 15) is 14.0 Å². The van der Waals surface area contributed by atoms with Crippen molar-refractivity contribution in [3.05, 3.63) is 64.6 Å². The second kappa shape index (κ2) is 6.54. The fraction of sp³-hybridized carbons (Fsp3) is 0.111. The molecule has 0 bridgehead atoms. The van der Waals surface area contributed by atoms with Crippen LogP contribution >= 0.6 is 0 Å². The summed E-state index contributed by atoms with van der Waals surface area (Å²) in [6.45, 7) is 1.87. The predicted molar refractivity (Wildman–Crippen MR) is 90.6 cm³/mol. The van der Waals surface area contributed by atoms with Gasteiger partial charge in [0.15, 0.2) is 5.43 Å². The van der Waals surface area contributed by atoms with Crippen molar-refractivity contribution >= 4 is 22.7 Å². The van der Waals surface area contributed by atoms with Crippen LogP contribution in [0.5, 0.6) is 0 Å². The van der Waals surface area contributed by atoms with E-state index in [2.05, 4.69) is 10.3 Å². The van der Waals surface area contributed by atoms with Gasteiger partial charge in [-0.1, -0.05) is 18.2 Å². The van der Waals surface area contributed by atoms with Crippen molar-refractivity contribution in [1.82, 2.24) is 4.98 Å². The van der Waals surface area contributed by atoms with Crippen molar-refractivity contribution in [2.24, 2.45) is 0 Å². The number of nitrogens with one attached hydrogen (secondary N) is 2. The molecular weight excluding hydrogens is 311 g/mol. The maximum Gasteiger partial charge on any atom is 0.411 e. The van der Waals surface area contributed by atoms with Crippen LogP contribution < -0.4 is 10.7 Å². The summed E-state index contributed by atoms with van der Waals surface area (Å²) in [6, 6.07) is 12.6. The Balaban J connectivity index is 2.15. The number of carbonyl (C=O) groups excluding carboxylic acids is 1. The molecule has 0 radical (unpaired) electrons. The maximum atomic E-state index is 14.4. The molecule has 1 heterocycles.